The first-order chi connectivity index (χ1) is 11.2. The second-order valence-corrected chi connectivity index (χ2v) is 15.6. The zero-order valence-corrected chi connectivity index (χ0v) is 18.5. The first-order valence-corrected chi connectivity index (χ1v) is 15.3. The van der Waals surface area contributed by atoms with Crippen LogP contribution in [0.25, 0.3) is 0 Å². The van der Waals surface area contributed by atoms with Crippen LogP contribution in [0.2, 0.25) is 0 Å². The number of hydrogen-bond acceptors (Lipinski definition) is 2. The van der Waals surface area contributed by atoms with Crippen molar-refractivity contribution in [1.82, 2.24) is 0 Å². The van der Waals surface area contributed by atoms with Crippen LogP contribution in [0.4, 0.5) is 0 Å². The van der Waals surface area contributed by atoms with Crippen molar-refractivity contribution in [3.05, 3.63) is 0 Å². The molecule has 0 aliphatic rings. The van der Waals surface area contributed by atoms with Crippen LogP contribution in [0.5, 0.6) is 0 Å². The second kappa shape index (κ2) is 13.5. The van der Waals surface area contributed by atoms with Gasteiger partial charge in [0.2, 0.25) is 0 Å². The summed E-state index contributed by atoms with van der Waals surface area (Å²) in [4.78, 5) is 0. The van der Waals surface area contributed by atoms with E-state index in [4.69, 9.17) is 4.55 Å². The van der Waals surface area contributed by atoms with Crippen molar-refractivity contribution in [3.63, 3.8) is 0 Å². The van der Waals surface area contributed by atoms with Crippen molar-refractivity contribution in [2.24, 2.45) is 0 Å². The molecule has 0 heterocycles. The third-order valence-corrected chi connectivity index (χ3v) is 8.92. The molecule has 3 nitrogen and oxygen atoms in total. The maximum absolute atomic E-state index is 10.9. The van der Waals surface area contributed by atoms with Gasteiger partial charge in [0, 0.05) is 0 Å². The topological polar surface area (TPSA) is 54.4 Å². The van der Waals surface area contributed by atoms with E-state index < -0.39 is 17.4 Å². The molecule has 0 aromatic carbocycles. The normalized spacial score (nSPS) is 14.7. The summed E-state index contributed by atoms with van der Waals surface area (Å²) in [6.45, 7) is 9.39. The zero-order chi connectivity index (χ0) is 18.5. The minimum atomic E-state index is -3.79. The molecule has 0 aromatic heterocycles. The predicted octanol–water partition coefficient (Wildman–Crippen LogP) is 5.97. The van der Waals surface area contributed by atoms with Gasteiger partial charge in [0.25, 0.3) is 0 Å². The third-order valence-electron chi connectivity index (χ3n) is 5.09. The fraction of sp³-hybridized carbons (Fsp3) is 1.00. The van der Waals surface area contributed by atoms with Crippen LogP contribution in [0.1, 0.15) is 90.4 Å². The molecule has 0 aliphatic heterocycles. The molecule has 0 saturated carbocycles. The number of hydrogen-bond donors (Lipinski definition) is 1. The molecule has 1 atom stereocenters. The summed E-state index contributed by atoms with van der Waals surface area (Å²) in [5.41, 5.74) is 0.674. The van der Waals surface area contributed by atoms with E-state index in [1.165, 1.54) is 70.6 Å². The molecule has 0 saturated heterocycles. The molecular weight excluding hydrogens is 339 g/mol. The molecule has 0 amide bonds. The predicted molar refractivity (Wildman–Crippen MR) is 112 cm³/mol. The molecule has 5 heteroatoms. The van der Waals surface area contributed by atoms with Gasteiger partial charge in [0.15, 0.2) is 0 Å². The van der Waals surface area contributed by atoms with Gasteiger partial charge in [0.1, 0.15) is 0 Å². The molecule has 24 heavy (non-hydrogen) atoms. The minimum absolute atomic E-state index is 0.0774. The van der Waals surface area contributed by atoms with E-state index in [1.54, 1.807) is 0 Å². The molecule has 0 aliphatic carbocycles. The van der Waals surface area contributed by atoms with Gasteiger partial charge < -0.3 is 0 Å². The molecule has 1 unspecified atom stereocenters. The Kier molecular flexibility index (Phi) is 13.7. The Labute approximate surface area is 152 Å². The van der Waals surface area contributed by atoms with Crippen molar-refractivity contribution in [2.45, 2.75) is 96.1 Å². The van der Waals surface area contributed by atoms with E-state index in [9.17, 15) is 8.42 Å². The Hall–Kier alpha value is 0.340. The van der Waals surface area contributed by atoms with Gasteiger partial charge in [-0.1, -0.05) is 6.92 Å². The zero-order valence-electron chi connectivity index (χ0n) is 16.6. The van der Waals surface area contributed by atoms with Crippen molar-refractivity contribution < 1.29 is 13.0 Å². The van der Waals surface area contributed by atoms with Crippen LogP contribution in [0.3, 0.4) is 0 Å². The fourth-order valence-electron chi connectivity index (χ4n) is 3.40. The van der Waals surface area contributed by atoms with E-state index in [1.807, 2.05) is 0 Å². The SMILES string of the molecule is CCCCCCCCCCCCC(CCCS(=O)(=O)O)[PH](C)(C)C. The van der Waals surface area contributed by atoms with Crippen molar-refractivity contribution in [3.8, 4) is 0 Å². The van der Waals surface area contributed by atoms with Crippen LogP contribution < -0.4 is 0 Å². The summed E-state index contributed by atoms with van der Waals surface area (Å²) in [6, 6.07) is 0. The maximum atomic E-state index is 10.9. The average Bonchev–Trinajstić information content (AvgIpc) is 2.45. The fourth-order valence-corrected chi connectivity index (χ4v) is 6.07. The molecule has 0 rings (SSSR count). The molecule has 0 radical (unpaired) electrons. The van der Waals surface area contributed by atoms with Crippen LogP contribution >= 0.6 is 7.26 Å². The standard InChI is InChI=1S/C19H43O3PS/c1-5-6-7-8-9-10-11-12-13-14-16-19(23(2,3)4)17-15-18-24(20,21)22/h19,23H,5-18H2,1-4H3,(H,20,21,22). The monoisotopic (exact) mass is 382 g/mol. The first kappa shape index (κ1) is 24.3. The van der Waals surface area contributed by atoms with Crippen molar-refractivity contribution >= 4 is 17.4 Å². The van der Waals surface area contributed by atoms with E-state index in [2.05, 4.69) is 26.9 Å². The van der Waals surface area contributed by atoms with Gasteiger partial charge in [-0.3, -0.25) is 0 Å². The Balaban J connectivity index is 3.76. The Morgan fingerprint density at radius 1 is 0.750 bits per heavy atom. The van der Waals surface area contributed by atoms with Gasteiger partial charge in [0.05, 0.1) is 0 Å². The molecule has 148 valence electrons. The average molecular weight is 383 g/mol. The Morgan fingerprint density at radius 2 is 1.17 bits per heavy atom. The first-order valence-electron chi connectivity index (χ1n) is 10.1. The van der Waals surface area contributed by atoms with Gasteiger partial charge >= 0.3 is 145 Å². The van der Waals surface area contributed by atoms with E-state index in [0.717, 1.165) is 6.42 Å². The molecular formula is C19H43O3PS. The van der Waals surface area contributed by atoms with E-state index >= 15 is 0 Å². The van der Waals surface area contributed by atoms with Crippen molar-refractivity contribution in [2.75, 3.05) is 25.7 Å². The Morgan fingerprint density at radius 3 is 1.58 bits per heavy atom. The van der Waals surface area contributed by atoms with E-state index in [-0.39, 0.29) is 5.75 Å². The Bertz CT molecular complexity index is 388. The third kappa shape index (κ3) is 15.8. The molecule has 0 spiro atoms. The quantitative estimate of drug-likeness (QED) is 0.203. The molecule has 1 N–H and O–H groups in total. The second-order valence-electron chi connectivity index (χ2n) is 8.46. The number of rotatable bonds is 16. The summed E-state index contributed by atoms with van der Waals surface area (Å²) in [7, 11) is -5.05. The van der Waals surface area contributed by atoms with Crippen LogP contribution in [-0.2, 0) is 10.1 Å². The molecule has 0 fully saturated rings. The van der Waals surface area contributed by atoms with Crippen LogP contribution in [0, 0.1) is 0 Å². The van der Waals surface area contributed by atoms with E-state index in [0.29, 0.717) is 12.1 Å². The van der Waals surface area contributed by atoms with Crippen LogP contribution in [-0.4, -0.2) is 44.4 Å². The van der Waals surface area contributed by atoms with Gasteiger partial charge in [-0.15, -0.1) is 0 Å². The van der Waals surface area contributed by atoms with Crippen molar-refractivity contribution in [1.29, 1.82) is 0 Å². The van der Waals surface area contributed by atoms with Gasteiger partial charge in [-0.05, 0) is 0 Å². The molecule has 0 bridgehead atoms. The van der Waals surface area contributed by atoms with Gasteiger partial charge in [-0.2, -0.15) is 0 Å². The summed E-state index contributed by atoms with van der Waals surface area (Å²) in [6.07, 6.45) is 16.4. The number of unbranched alkanes of at least 4 members (excludes halogenated alkanes) is 9. The summed E-state index contributed by atoms with van der Waals surface area (Å²) >= 11 is 0. The summed E-state index contributed by atoms with van der Waals surface area (Å²) in [5, 5.41) is 0. The summed E-state index contributed by atoms with van der Waals surface area (Å²) in [5.74, 6) is -0.0774. The van der Waals surface area contributed by atoms with Crippen LogP contribution in [0.15, 0.2) is 0 Å². The summed E-state index contributed by atoms with van der Waals surface area (Å²) < 4.78 is 30.6. The molecule has 0 aromatic rings. The van der Waals surface area contributed by atoms with Gasteiger partial charge in [-0.25, -0.2) is 0 Å².